The van der Waals surface area contributed by atoms with Gasteiger partial charge in [-0.3, -0.25) is 9.48 Å². The van der Waals surface area contributed by atoms with Crippen molar-refractivity contribution >= 4 is 15.7 Å². The van der Waals surface area contributed by atoms with Gasteiger partial charge in [0.05, 0.1) is 29.3 Å². The SMILES string of the molecule is Cc1c(C(=O)N2CCCCC2C)cnn1C1CCS(=O)(=O)C1. The van der Waals surface area contributed by atoms with E-state index >= 15 is 0 Å². The fraction of sp³-hybridized carbons (Fsp3) is 0.733. The molecule has 2 saturated heterocycles. The largest absolute Gasteiger partial charge is 0.336 e. The summed E-state index contributed by atoms with van der Waals surface area (Å²) in [5.74, 6) is 0.365. The number of sulfone groups is 1. The predicted octanol–water partition coefficient (Wildman–Crippen LogP) is 1.57. The molecule has 3 heterocycles. The number of aromatic nitrogens is 2. The number of hydrogen-bond acceptors (Lipinski definition) is 4. The molecule has 7 heteroatoms. The molecule has 122 valence electrons. The number of likely N-dealkylation sites (tertiary alicyclic amines) is 1. The second-order valence-electron chi connectivity index (χ2n) is 6.49. The summed E-state index contributed by atoms with van der Waals surface area (Å²) in [6.45, 7) is 4.74. The molecule has 22 heavy (non-hydrogen) atoms. The third-order valence-corrected chi connectivity index (χ3v) is 6.64. The summed E-state index contributed by atoms with van der Waals surface area (Å²) in [5.41, 5.74) is 1.39. The lowest BCUT2D eigenvalue weighted by molar-refractivity contribution is 0.0634. The van der Waals surface area contributed by atoms with Crippen LogP contribution in [-0.2, 0) is 9.84 Å². The summed E-state index contributed by atoms with van der Waals surface area (Å²) >= 11 is 0. The Morgan fingerprint density at radius 1 is 1.32 bits per heavy atom. The van der Waals surface area contributed by atoms with E-state index in [0.29, 0.717) is 12.0 Å². The average Bonchev–Trinajstić information content (AvgIpc) is 3.01. The maximum atomic E-state index is 12.7. The van der Waals surface area contributed by atoms with Crippen LogP contribution in [0.4, 0.5) is 0 Å². The number of carbonyl (C=O) groups excluding carboxylic acids is 1. The van der Waals surface area contributed by atoms with Crippen LogP contribution in [0.3, 0.4) is 0 Å². The highest BCUT2D eigenvalue weighted by atomic mass is 32.2. The van der Waals surface area contributed by atoms with Crippen LogP contribution in [0.5, 0.6) is 0 Å². The first-order valence-corrected chi connectivity index (χ1v) is 9.76. The molecule has 2 fully saturated rings. The van der Waals surface area contributed by atoms with E-state index in [1.165, 1.54) is 6.42 Å². The zero-order valence-corrected chi connectivity index (χ0v) is 14.0. The van der Waals surface area contributed by atoms with Crippen molar-refractivity contribution in [1.82, 2.24) is 14.7 Å². The van der Waals surface area contributed by atoms with Crippen molar-refractivity contribution in [3.8, 4) is 0 Å². The van der Waals surface area contributed by atoms with Gasteiger partial charge in [-0.15, -0.1) is 0 Å². The second kappa shape index (κ2) is 5.68. The highest BCUT2D eigenvalue weighted by molar-refractivity contribution is 7.91. The molecule has 0 N–H and O–H groups in total. The Kier molecular flexibility index (Phi) is 4.01. The first kappa shape index (κ1) is 15.5. The number of piperidine rings is 1. The minimum absolute atomic E-state index is 0.0248. The van der Waals surface area contributed by atoms with Crippen LogP contribution in [0.25, 0.3) is 0 Å². The van der Waals surface area contributed by atoms with E-state index in [1.54, 1.807) is 10.9 Å². The Labute approximate surface area is 131 Å². The van der Waals surface area contributed by atoms with Crippen LogP contribution >= 0.6 is 0 Å². The molecular formula is C15H23N3O3S. The van der Waals surface area contributed by atoms with Gasteiger partial charge in [0.15, 0.2) is 9.84 Å². The molecule has 1 amide bonds. The molecule has 2 aliphatic heterocycles. The fourth-order valence-corrected chi connectivity index (χ4v) is 5.22. The predicted molar refractivity (Wildman–Crippen MR) is 83.6 cm³/mol. The zero-order chi connectivity index (χ0) is 15.9. The van der Waals surface area contributed by atoms with Crippen LogP contribution < -0.4 is 0 Å². The molecule has 1 aromatic rings. The minimum Gasteiger partial charge on any atom is -0.336 e. The first-order valence-electron chi connectivity index (χ1n) is 7.94. The standard InChI is InChI=1S/C15H23N3O3S/c1-11-5-3-4-7-17(11)15(19)14-9-16-18(12(14)2)13-6-8-22(20,21)10-13/h9,11,13H,3-8,10H2,1-2H3. The number of hydrogen-bond donors (Lipinski definition) is 0. The number of amides is 1. The normalized spacial score (nSPS) is 28.0. The van der Waals surface area contributed by atoms with E-state index in [4.69, 9.17) is 0 Å². The fourth-order valence-electron chi connectivity index (χ4n) is 3.52. The number of carbonyl (C=O) groups is 1. The molecule has 2 atom stereocenters. The molecular weight excluding hydrogens is 302 g/mol. The molecule has 0 bridgehead atoms. The molecule has 0 radical (unpaired) electrons. The highest BCUT2D eigenvalue weighted by Crippen LogP contribution is 2.27. The van der Waals surface area contributed by atoms with Gasteiger partial charge in [-0.05, 0) is 39.5 Å². The van der Waals surface area contributed by atoms with E-state index < -0.39 is 9.84 Å². The van der Waals surface area contributed by atoms with E-state index in [-0.39, 0.29) is 29.5 Å². The molecule has 0 spiro atoms. The average molecular weight is 325 g/mol. The van der Waals surface area contributed by atoms with Crippen LogP contribution in [0.15, 0.2) is 6.20 Å². The summed E-state index contributed by atoms with van der Waals surface area (Å²) < 4.78 is 25.0. The Hall–Kier alpha value is -1.37. The first-order chi connectivity index (χ1) is 10.4. The van der Waals surface area contributed by atoms with Crippen molar-refractivity contribution in [3.05, 3.63) is 17.5 Å². The molecule has 0 saturated carbocycles. The molecule has 2 unspecified atom stereocenters. The highest BCUT2D eigenvalue weighted by Gasteiger charge is 2.32. The molecule has 6 nitrogen and oxygen atoms in total. The minimum atomic E-state index is -2.96. The van der Waals surface area contributed by atoms with Gasteiger partial charge in [0.25, 0.3) is 5.91 Å². The summed E-state index contributed by atoms with van der Waals surface area (Å²) in [6, 6.07) is 0.126. The summed E-state index contributed by atoms with van der Waals surface area (Å²) in [7, 11) is -2.96. The lowest BCUT2D eigenvalue weighted by atomic mass is 10.0. The molecule has 2 aliphatic rings. The maximum Gasteiger partial charge on any atom is 0.257 e. The van der Waals surface area contributed by atoms with Gasteiger partial charge in [0.1, 0.15) is 0 Å². The van der Waals surface area contributed by atoms with Crippen molar-refractivity contribution in [2.75, 3.05) is 18.1 Å². The monoisotopic (exact) mass is 325 g/mol. The Morgan fingerprint density at radius 3 is 2.73 bits per heavy atom. The Bertz CT molecular complexity index is 680. The maximum absolute atomic E-state index is 12.7. The van der Waals surface area contributed by atoms with Crippen molar-refractivity contribution < 1.29 is 13.2 Å². The van der Waals surface area contributed by atoms with Crippen LogP contribution in [0, 0.1) is 6.92 Å². The third-order valence-electron chi connectivity index (χ3n) is 4.89. The lowest BCUT2D eigenvalue weighted by Crippen LogP contribution is -2.42. The van der Waals surface area contributed by atoms with Gasteiger partial charge < -0.3 is 4.90 Å². The van der Waals surface area contributed by atoms with Crippen LogP contribution in [0.1, 0.15) is 54.7 Å². The molecule has 1 aromatic heterocycles. The van der Waals surface area contributed by atoms with E-state index in [9.17, 15) is 13.2 Å². The Morgan fingerprint density at radius 2 is 2.09 bits per heavy atom. The lowest BCUT2D eigenvalue weighted by Gasteiger charge is -2.33. The summed E-state index contributed by atoms with van der Waals surface area (Å²) in [6.07, 6.45) is 5.44. The molecule has 0 aliphatic carbocycles. The second-order valence-corrected chi connectivity index (χ2v) is 8.72. The van der Waals surface area contributed by atoms with Crippen LogP contribution in [-0.4, -0.2) is 53.1 Å². The number of nitrogens with zero attached hydrogens (tertiary/aromatic N) is 3. The third kappa shape index (κ3) is 2.78. The van der Waals surface area contributed by atoms with E-state index in [2.05, 4.69) is 12.0 Å². The van der Waals surface area contributed by atoms with Gasteiger partial charge in [-0.1, -0.05) is 0 Å². The van der Waals surface area contributed by atoms with Crippen molar-refractivity contribution in [3.63, 3.8) is 0 Å². The van der Waals surface area contributed by atoms with Crippen molar-refractivity contribution in [2.45, 2.75) is 51.6 Å². The zero-order valence-electron chi connectivity index (χ0n) is 13.2. The quantitative estimate of drug-likeness (QED) is 0.827. The molecule has 3 rings (SSSR count). The van der Waals surface area contributed by atoms with E-state index in [0.717, 1.165) is 25.1 Å². The molecule has 0 aromatic carbocycles. The summed E-state index contributed by atoms with van der Waals surface area (Å²) in [4.78, 5) is 14.7. The van der Waals surface area contributed by atoms with Gasteiger partial charge >= 0.3 is 0 Å². The van der Waals surface area contributed by atoms with E-state index in [1.807, 2.05) is 11.8 Å². The topological polar surface area (TPSA) is 72.3 Å². The van der Waals surface area contributed by atoms with Crippen molar-refractivity contribution in [2.24, 2.45) is 0 Å². The number of rotatable bonds is 2. The smallest absolute Gasteiger partial charge is 0.257 e. The van der Waals surface area contributed by atoms with Gasteiger partial charge in [-0.2, -0.15) is 5.10 Å². The van der Waals surface area contributed by atoms with Crippen LogP contribution in [0.2, 0.25) is 0 Å². The van der Waals surface area contributed by atoms with Gasteiger partial charge in [-0.25, -0.2) is 8.42 Å². The van der Waals surface area contributed by atoms with Gasteiger partial charge in [0, 0.05) is 18.3 Å². The Balaban J connectivity index is 1.83. The summed E-state index contributed by atoms with van der Waals surface area (Å²) in [5, 5.41) is 4.31. The van der Waals surface area contributed by atoms with Crippen molar-refractivity contribution in [1.29, 1.82) is 0 Å². The van der Waals surface area contributed by atoms with Gasteiger partial charge in [0.2, 0.25) is 0 Å².